The van der Waals surface area contributed by atoms with Crippen LogP contribution in [0.5, 0.6) is 0 Å². The average Bonchev–Trinajstić information content (AvgIpc) is 2.67. The van der Waals surface area contributed by atoms with Gasteiger partial charge in [0, 0.05) is 68.2 Å². The molecule has 0 amide bonds. The normalized spacial score (nSPS) is 13.0. The molecule has 18 rings (SSSR count). The largest absolute Gasteiger partial charge is 0.311 e. The van der Waals surface area contributed by atoms with Gasteiger partial charge in [-0.1, -0.05) is 193 Å². The van der Waals surface area contributed by atoms with E-state index >= 15 is 0 Å². The van der Waals surface area contributed by atoms with Gasteiger partial charge in [0.15, 0.2) is 0 Å². The fourth-order valence-corrected chi connectivity index (χ4v) is 14.9. The molecule has 0 unspecified atom stereocenters. The Labute approximate surface area is 477 Å². The number of hydrogen-bond donors (Lipinski definition) is 0. The van der Waals surface area contributed by atoms with Gasteiger partial charge in [0.2, 0.25) is 13.4 Å². The van der Waals surface area contributed by atoms with E-state index in [1.165, 1.54) is 110 Å². The number of para-hydroxylation sites is 8. The van der Waals surface area contributed by atoms with E-state index in [1.807, 2.05) is 0 Å². The summed E-state index contributed by atoms with van der Waals surface area (Å²) in [7, 11) is 0. The molecule has 82 heavy (non-hydrogen) atoms. The number of hydrogen-bond acceptors (Lipinski definition) is 4. The predicted octanol–water partition coefficient (Wildman–Crippen LogP) is 16.1. The molecule has 0 saturated heterocycles. The molecule has 0 radical (unpaired) electrons. The molecule has 0 spiro atoms. The summed E-state index contributed by atoms with van der Waals surface area (Å²) in [5.74, 6) is 0. The third-order valence-corrected chi connectivity index (χ3v) is 18.1. The summed E-state index contributed by atoms with van der Waals surface area (Å²) in [6.45, 7) is -0.0414. The molecule has 0 atom stereocenters. The van der Waals surface area contributed by atoms with Crippen molar-refractivity contribution in [2.75, 3.05) is 19.6 Å². The van der Waals surface area contributed by atoms with Crippen LogP contribution >= 0.6 is 0 Å². The monoisotopic (exact) mass is 1040 g/mol. The molecular formula is C76H48B2N4. The van der Waals surface area contributed by atoms with Gasteiger partial charge >= 0.3 is 0 Å². The summed E-state index contributed by atoms with van der Waals surface area (Å²) < 4.78 is 0. The highest BCUT2D eigenvalue weighted by atomic mass is 15.2. The summed E-state index contributed by atoms with van der Waals surface area (Å²) >= 11 is 0. The lowest BCUT2D eigenvalue weighted by Gasteiger charge is -2.42. The minimum absolute atomic E-state index is 0.0207. The highest BCUT2D eigenvalue weighted by Gasteiger charge is 2.45. The number of benzene rings is 14. The average molecular weight is 1040 g/mol. The lowest BCUT2D eigenvalue weighted by Crippen LogP contribution is -2.60. The topological polar surface area (TPSA) is 13.0 Å². The Kier molecular flexibility index (Phi) is 9.66. The Morgan fingerprint density at radius 2 is 0.561 bits per heavy atom. The van der Waals surface area contributed by atoms with E-state index in [4.69, 9.17) is 0 Å². The second-order valence-corrected chi connectivity index (χ2v) is 22.3. The summed E-state index contributed by atoms with van der Waals surface area (Å²) in [5.41, 5.74) is 26.9. The Morgan fingerprint density at radius 3 is 0.927 bits per heavy atom. The lowest BCUT2D eigenvalue weighted by molar-refractivity contribution is 1.25. The number of nitrogens with zero attached hydrogens (tertiary/aromatic N) is 4. The molecule has 0 N–H and O–H groups in total. The second-order valence-electron chi connectivity index (χ2n) is 22.3. The smallest absolute Gasteiger partial charge is 0.248 e. The number of fused-ring (bicyclic) bond motifs is 8. The van der Waals surface area contributed by atoms with Gasteiger partial charge in [-0.15, -0.1) is 0 Å². The van der Waals surface area contributed by atoms with Crippen molar-refractivity contribution in [3.63, 3.8) is 0 Å². The SMILES string of the molecule is c1ccc(N(c2ccccc2)c2cc3c4c(c2)N(c2ccccc2)c2ccccc2B4c2cc4ccc5c6c(cc7ccc-3c2c7c46)B2c3ccccc3N(c3ccccc3)c3cc(N(c4ccccc4)c4ccccc4)cc-5c32)cc1. The van der Waals surface area contributed by atoms with Crippen molar-refractivity contribution in [1.82, 2.24) is 0 Å². The number of anilines is 12. The van der Waals surface area contributed by atoms with Gasteiger partial charge in [0.05, 0.1) is 0 Å². The zero-order valence-electron chi connectivity index (χ0n) is 44.7. The van der Waals surface area contributed by atoms with E-state index in [-0.39, 0.29) is 13.4 Å². The highest BCUT2D eigenvalue weighted by molar-refractivity contribution is 7.02. The van der Waals surface area contributed by atoms with Crippen LogP contribution < -0.4 is 52.4 Å². The van der Waals surface area contributed by atoms with Gasteiger partial charge in [-0.2, -0.15) is 0 Å². The van der Waals surface area contributed by atoms with Crippen LogP contribution in [0.25, 0.3) is 54.6 Å². The van der Waals surface area contributed by atoms with Gasteiger partial charge in [0.1, 0.15) is 0 Å². The molecule has 4 aliphatic heterocycles. The maximum atomic E-state index is 2.59. The quantitative estimate of drug-likeness (QED) is 0.111. The van der Waals surface area contributed by atoms with Crippen LogP contribution in [0.1, 0.15) is 0 Å². The van der Waals surface area contributed by atoms with Crippen LogP contribution in [0, 0.1) is 0 Å². The van der Waals surface area contributed by atoms with Crippen LogP contribution in [0.2, 0.25) is 0 Å². The minimum atomic E-state index is -0.0207. The van der Waals surface area contributed by atoms with Crippen molar-refractivity contribution in [3.05, 3.63) is 291 Å². The highest BCUT2D eigenvalue weighted by Crippen LogP contribution is 2.51. The molecule has 0 fully saturated rings. The van der Waals surface area contributed by atoms with E-state index < -0.39 is 0 Å². The third kappa shape index (κ3) is 6.40. The second kappa shape index (κ2) is 17.5. The molecule has 14 aromatic carbocycles. The third-order valence-electron chi connectivity index (χ3n) is 18.1. The first-order valence-electron chi connectivity index (χ1n) is 28.6. The zero-order chi connectivity index (χ0) is 53.6. The van der Waals surface area contributed by atoms with Gasteiger partial charge < -0.3 is 19.6 Å². The van der Waals surface area contributed by atoms with E-state index in [1.54, 1.807) is 0 Å². The Hall–Kier alpha value is -10.6. The summed E-state index contributed by atoms with van der Waals surface area (Å²) in [5, 5.41) is 7.95. The van der Waals surface area contributed by atoms with Crippen molar-refractivity contribution >= 4 is 147 Å². The molecule has 4 aliphatic rings. The zero-order valence-corrected chi connectivity index (χ0v) is 44.7. The molecule has 6 heteroatoms. The number of rotatable bonds is 8. The van der Waals surface area contributed by atoms with Crippen molar-refractivity contribution in [2.45, 2.75) is 0 Å². The van der Waals surface area contributed by atoms with Crippen LogP contribution in [-0.2, 0) is 0 Å². The Bertz CT molecular complexity index is 4500. The lowest BCUT2D eigenvalue weighted by atomic mass is 9.31. The minimum Gasteiger partial charge on any atom is -0.311 e. The van der Waals surface area contributed by atoms with Gasteiger partial charge in [-0.05, 0) is 186 Å². The molecule has 14 aromatic rings. The van der Waals surface area contributed by atoms with Crippen molar-refractivity contribution in [2.24, 2.45) is 0 Å². The van der Waals surface area contributed by atoms with E-state index in [0.29, 0.717) is 0 Å². The molecule has 0 bridgehead atoms. The summed E-state index contributed by atoms with van der Waals surface area (Å²) in [4.78, 5) is 9.91. The van der Waals surface area contributed by atoms with Crippen molar-refractivity contribution < 1.29 is 0 Å². The van der Waals surface area contributed by atoms with Crippen molar-refractivity contribution in [1.29, 1.82) is 0 Å². The van der Waals surface area contributed by atoms with E-state index in [9.17, 15) is 0 Å². The molecule has 4 heterocycles. The molecule has 4 nitrogen and oxygen atoms in total. The first kappa shape index (κ1) is 45.3. The molecule has 378 valence electrons. The van der Waals surface area contributed by atoms with Crippen molar-refractivity contribution in [3.8, 4) is 22.3 Å². The standard InChI is InChI=1S/C76H48B2N4/c1-7-23-51(24-8-1)79(52-25-9-2-10-26-52)57-45-61-59-41-39-49-44-66-74-60(42-40-50-43-65(73(59)71(49)72(50)74)77-63-35-19-21-37-67(63)81(69(47-57)75(61)77)55-31-15-5-16-32-55)62-46-58(80(53-27-11-3-12-28-53)54-29-13-4-14-30-54)48-70-76(62)78(66)64-36-20-22-38-68(64)82(70)56-33-17-6-18-34-56/h1-48H. The molecule has 0 saturated carbocycles. The molecule has 0 aromatic heterocycles. The fraction of sp³-hybridized carbons (Fsp3) is 0. The summed E-state index contributed by atoms with van der Waals surface area (Å²) in [6, 6.07) is 109. The molecular weight excluding hydrogens is 990 g/mol. The van der Waals surface area contributed by atoms with Gasteiger partial charge in [-0.25, -0.2) is 0 Å². The van der Waals surface area contributed by atoms with Crippen LogP contribution in [0.4, 0.5) is 68.2 Å². The van der Waals surface area contributed by atoms with E-state index in [2.05, 4.69) is 311 Å². The fourth-order valence-electron chi connectivity index (χ4n) is 14.9. The Balaban J connectivity index is 0.953. The predicted molar refractivity (Wildman–Crippen MR) is 349 cm³/mol. The summed E-state index contributed by atoms with van der Waals surface area (Å²) in [6.07, 6.45) is 0. The maximum absolute atomic E-state index is 2.59. The first-order chi connectivity index (χ1) is 40.7. The van der Waals surface area contributed by atoms with Crippen LogP contribution in [-0.4, -0.2) is 13.4 Å². The van der Waals surface area contributed by atoms with Gasteiger partial charge in [0.25, 0.3) is 0 Å². The Morgan fingerprint density at radius 1 is 0.232 bits per heavy atom. The van der Waals surface area contributed by atoms with Gasteiger partial charge in [-0.3, -0.25) is 0 Å². The van der Waals surface area contributed by atoms with Crippen LogP contribution in [0.15, 0.2) is 291 Å². The first-order valence-corrected chi connectivity index (χ1v) is 28.6. The molecule has 0 aliphatic carbocycles. The van der Waals surface area contributed by atoms with Crippen LogP contribution in [0.3, 0.4) is 0 Å². The maximum Gasteiger partial charge on any atom is 0.248 e. The van der Waals surface area contributed by atoms with E-state index in [0.717, 1.165) is 45.5 Å².